The Kier molecular flexibility index (Phi) is 5.58. The van der Waals surface area contributed by atoms with E-state index in [4.69, 9.17) is 4.42 Å². The Bertz CT molecular complexity index is 2410. The van der Waals surface area contributed by atoms with Crippen molar-refractivity contribution < 1.29 is 4.42 Å². The molecule has 1 heterocycles. The minimum absolute atomic E-state index is 0.0512. The largest absolute Gasteiger partial charge is 0.455 e. The fraction of sp³-hybridized carbons (Fsp3) is 0.0698. The van der Waals surface area contributed by atoms with Crippen molar-refractivity contribution in [2.24, 2.45) is 0 Å². The van der Waals surface area contributed by atoms with Crippen molar-refractivity contribution in [3.05, 3.63) is 163 Å². The molecule has 0 atom stereocenters. The highest BCUT2D eigenvalue weighted by molar-refractivity contribution is 6.19. The zero-order chi connectivity index (χ0) is 30.1. The maximum Gasteiger partial charge on any atom is 0.143 e. The number of furan rings is 1. The normalized spacial score (nSPS) is 13.3. The summed E-state index contributed by atoms with van der Waals surface area (Å²) in [6, 6.07) is 54.7. The summed E-state index contributed by atoms with van der Waals surface area (Å²) in [4.78, 5) is 2.41. The van der Waals surface area contributed by atoms with Crippen LogP contribution in [0, 0.1) is 0 Å². The van der Waals surface area contributed by atoms with Gasteiger partial charge in [-0.25, -0.2) is 0 Å². The molecule has 2 nitrogen and oxygen atoms in total. The summed E-state index contributed by atoms with van der Waals surface area (Å²) in [6.45, 7) is 4.67. The molecule has 8 aromatic rings. The Balaban J connectivity index is 1.33. The molecule has 1 aromatic heterocycles. The Hall–Kier alpha value is -5.60. The Morgan fingerprint density at radius 3 is 2.16 bits per heavy atom. The molecule has 0 saturated carbocycles. The maximum absolute atomic E-state index is 6.64. The van der Waals surface area contributed by atoms with Gasteiger partial charge in [0.2, 0.25) is 0 Å². The zero-order valence-corrected chi connectivity index (χ0v) is 25.3. The van der Waals surface area contributed by atoms with Crippen LogP contribution in [0.4, 0.5) is 17.1 Å². The van der Waals surface area contributed by atoms with Crippen LogP contribution in [0.2, 0.25) is 0 Å². The molecule has 214 valence electrons. The summed E-state index contributed by atoms with van der Waals surface area (Å²) in [6.07, 6.45) is 0. The quantitative estimate of drug-likeness (QED) is 0.207. The second kappa shape index (κ2) is 9.70. The molecule has 45 heavy (non-hydrogen) atoms. The van der Waals surface area contributed by atoms with Crippen LogP contribution in [0.25, 0.3) is 55.0 Å². The number of fused-ring (bicyclic) bond motifs is 8. The predicted octanol–water partition coefficient (Wildman–Crippen LogP) is 12.2. The molecule has 1 aliphatic carbocycles. The third kappa shape index (κ3) is 3.89. The highest BCUT2D eigenvalue weighted by Gasteiger charge is 2.35. The summed E-state index contributed by atoms with van der Waals surface area (Å²) in [7, 11) is 0. The molecule has 7 aromatic carbocycles. The summed E-state index contributed by atoms with van der Waals surface area (Å²) >= 11 is 0. The molecule has 0 unspecified atom stereocenters. The molecule has 2 heteroatoms. The highest BCUT2D eigenvalue weighted by Crippen LogP contribution is 2.51. The summed E-state index contributed by atoms with van der Waals surface area (Å²) < 4.78 is 6.64. The highest BCUT2D eigenvalue weighted by atomic mass is 16.3. The first-order valence-corrected chi connectivity index (χ1v) is 15.6. The summed E-state index contributed by atoms with van der Waals surface area (Å²) in [5.74, 6) is 0. The van der Waals surface area contributed by atoms with E-state index in [0.29, 0.717) is 0 Å². The van der Waals surface area contributed by atoms with E-state index in [1.54, 1.807) is 0 Å². The number of benzene rings is 7. The van der Waals surface area contributed by atoms with Crippen molar-refractivity contribution in [1.29, 1.82) is 0 Å². The molecule has 0 saturated heterocycles. The van der Waals surface area contributed by atoms with Gasteiger partial charge in [0.05, 0.1) is 11.1 Å². The molecular formula is C43H31NO. The van der Waals surface area contributed by atoms with Crippen LogP contribution in [-0.2, 0) is 5.41 Å². The molecule has 0 radical (unpaired) electrons. The maximum atomic E-state index is 6.64. The number of rotatable bonds is 4. The SMILES string of the molecule is CC1(C)c2ccccc2-c2cc(N(c3cccc(-c4ccccc4)c3)c3cccc4oc5c6ccccc6ccc5c34)ccc21. The van der Waals surface area contributed by atoms with Gasteiger partial charge in [-0.1, -0.05) is 123 Å². The lowest BCUT2D eigenvalue weighted by Crippen LogP contribution is -2.15. The fourth-order valence-electron chi connectivity index (χ4n) is 7.45. The van der Waals surface area contributed by atoms with Gasteiger partial charge in [-0.05, 0) is 81.2 Å². The number of hydrogen-bond donors (Lipinski definition) is 0. The zero-order valence-electron chi connectivity index (χ0n) is 25.3. The van der Waals surface area contributed by atoms with Crippen molar-refractivity contribution >= 4 is 49.8 Å². The van der Waals surface area contributed by atoms with Crippen LogP contribution in [0.1, 0.15) is 25.0 Å². The van der Waals surface area contributed by atoms with E-state index in [-0.39, 0.29) is 5.41 Å². The van der Waals surface area contributed by atoms with Gasteiger partial charge in [0.25, 0.3) is 0 Å². The summed E-state index contributed by atoms with van der Waals surface area (Å²) in [5, 5.41) is 4.55. The molecule has 0 spiro atoms. The van der Waals surface area contributed by atoms with E-state index in [0.717, 1.165) is 44.4 Å². The predicted molar refractivity (Wildman–Crippen MR) is 189 cm³/mol. The Morgan fingerprint density at radius 2 is 1.24 bits per heavy atom. The molecule has 0 aliphatic heterocycles. The van der Waals surface area contributed by atoms with Gasteiger partial charge >= 0.3 is 0 Å². The number of nitrogens with zero attached hydrogens (tertiary/aromatic N) is 1. The smallest absolute Gasteiger partial charge is 0.143 e. The van der Waals surface area contributed by atoms with E-state index < -0.39 is 0 Å². The van der Waals surface area contributed by atoms with Crippen LogP contribution < -0.4 is 4.90 Å². The second-order valence-electron chi connectivity index (χ2n) is 12.6. The van der Waals surface area contributed by atoms with Gasteiger partial charge in [-0.15, -0.1) is 0 Å². The summed E-state index contributed by atoms with van der Waals surface area (Å²) in [5.41, 5.74) is 12.8. The first-order valence-electron chi connectivity index (χ1n) is 15.6. The molecular weight excluding hydrogens is 546 g/mol. The standard InChI is InChI=1S/C43H31NO/c1-43(2)37-19-9-8-18-34(37)36-27-32(23-25-38(36)43)44(31-16-10-15-30(26-31)28-12-4-3-5-13-28)39-20-11-21-40-41(39)35-24-22-29-14-6-7-17-33(29)42(35)45-40/h3-27H,1-2H3. The van der Waals surface area contributed by atoms with Crippen molar-refractivity contribution in [2.75, 3.05) is 4.90 Å². The van der Waals surface area contributed by atoms with E-state index in [1.807, 2.05) is 0 Å². The molecule has 0 amide bonds. The molecule has 1 aliphatic rings. The number of hydrogen-bond acceptors (Lipinski definition) is 2. The van der Waals surface area contributed by atoms with Gasteiger partial charge in [0, 0.05) is 27.6 Å². The topological polar surface area (TPSA) is 16.4 Å². The van der Waals surface area contributed by atoms with E-state index in [9.17, 15) is 0 Å². The van der Waals surface area contributed by atoms with Gasteiger partial charge in [-0.3, -0.25) is 0 Å². The van der Waals surface area contributed by atoms with Crippen molar-refractivity contribution in [1.82, 2.24) is 0 Å². The van der Waals surface area contributed by atoms with Crippen LogP contribution in [0.3, 0.4) is 0 Å². The van der Waals surface area contributed by atoms with Gasteiger partial charge < -0.3 is 9.32 Å². The van der Waals surface area contributed by atoms with Crippen molar-refractivity contribution in [2.45, 2.75) is 19.3 Å². The molecule has 0 N–H and O–H groups in total. The third-order valence-electron chi connectivity index (χ3n) is 9.64. The minimum atomic E-state index is -0.0512. The van der Waals surface area contributed by atoms with Gasteiger partial charge in [0.15, 0.2) is 0 Å². The Morgan fingerprint density at radius 1 is 0.511 bits per heavy atom. The lowest BCUT2D eigenvalue weighted by molar-refractivity contribution is 0.660. The lowest BCUT2D eigenvalue weighted by atomic mass is 9.82. The third-order valence-corrected chi connectivity index (χ3v) is 9.64. The van der Waals surface area contributed by atoms with E-state index in [1.165, 1.54) is 38.8 Å². The van der Waals surface area contributed by atoms with E-state index in [2.05, 4.69) is 170 Å². The van der Waals surface area contributed by atoms with Crippen LogP contribution in [-0.4, -0.2) is 0 Å². The monoisotopic (exact) mass is 577 g/mol. The first-order chi connectivity index (χ1) is 22.1. The van der Waals surface area contributed by atoms with Crippen molar-refractivity contribution in [3.8, 4) is 22.3 Å². The fourth-order valence-corrected chi connectivity index (χ4v) is 7.45. The van der Waals surface area contributed by atoms with Crippen LogP contribution in [0.15, 0.2) is 156 Å². The minimum Gasteiger partial charge on any atom is -0.455 e. The van der Waals surface area contributed by atoms with Crippen LogP contribution >= 0.6 is 0 Å². The molecule has 0 bridgehead atoms. The van der Waals surface area contributed by atoms with Crippen molar-refractivity contribution in [3.63, 3.8) is 0 Å². The van der Waals surface area contributed by atoms with E-state index >= 15 is 0 Å². The molecule has 9 rings (SSSR count). The van der Waals surface area contributed by atoms with Gasteiger partial charge in [0.1, 0.15) is 11.2 Å². The average molecular weight is 578 g/mol. The Labute approximate surface area is 262 Å². The number of anilines is 3. The van der Waals surface area contributed by atoms with Crippen LogP contribution in [0.5, 0.6) is 0 Å². The average Bonchev–Trinajstić information content (AvgIpc) is 3.59. The molecule has 0 fully saturated rings. The first kappa shape index (κ1) is 25.9. The lowest BCUT2D eigenvalue weighted by Gasteiger charge is -2.28. The van der Waals surface area contributed by atoms with Gasteiger partial charge in [-0.2, -0.15) is 0 Å². The second-order valence-corrected chi connectivity index (χ2v) is 12.6.